The topological polar surface area (TPSA) is 95.5 Å². The molecule has 0 atom stereocenters. The van der Waals surface area contributed by atoms with E-state index < -0.39 is 4.92 Å². The van der Waals surface area contributed by atoms with Gasteiger partial charge in [0.25, 0.3) is 5.69 Å². The molecule has 0 fully saturated rings. The average molecular weight is 280 g/mol. The first-order valence-electron chi connectivity index (χ1n) is 6.77. The molecule has 0 aromatic heterocycles. The van der Waals surface area contributed by atoms with Crippen LogP contribution in [-0.2, 0) is 11.2 Å². The number of hydrogen-bond acceptors (Lipinski definition) is 5. The van der Waals surface area contributed by atoms with Gasteiger partial charge >= 0.3 is 5.97 Å². The van der Waals surface area contributed by atoms with Gasteiger partial charge in [-0.2, -0.15) is 0 Å². The maximum Gasteiger partial charge on any atom is 0.311 e. The highest BCUT2D eigenvalue weighted by atomic mass is 16.6. The SMILES string of the molecule is CCCCc1c(OC(=O)CCC)ccc(N)c1[N+](=O)[O-]. The van der Waals surface area contributed by atoms with Crippen molar-refractivity contribution in [3.63, 3.8) is 0 Å². The van der Waals surface area contributed by atoms with Crippen LogP contribution in [0.15, 0.2) is 12.1 Å². The second-order valence-electron chi connectivity index (χ2n) is 4.56. The number of nitrogen functional groups attached to an aromatic ring is 1. The first kappa shape index (κ1) is 15.9. The first-order chi connectivity index (χ1) is 9.51. The van der Waals surface area contributed by atoms with Crippen LogP contribution < -0.4 is 10.5 Å². The molecule has 1 aromatic carbocycles. The summed E-state index contributed by atoms with van der Waals surface area (Å²) in [6.07, 6.45) is 3.06. The van der Waals surface area contributed by atoms with Crippen LogP contribution in [0.5, 0.6) is 5.75 Å². The number of nitro benzene ring substituents is 1. The lowest BCUT2D eigenvalue weighted by Gasteiger charge is -2.11. The van der Waals surface area contributed by atoms with Gasteiger partial charge in [0.1, 0.15) is 11.4 Å². The summed E-state index contributed by atoms with van der Waals surface area (Å²) in [5, 5.41) is 11.2. The number of nitrogens with zero attached hydrogens (tertiary/aromatic N) is 1. The van der Waals surface area contributed by atoms with Gasteiger partial charge in [-0.05, 0) is 31.4 Å². The Morgan fingerprint density at radius 1 is 1.35 bits per heavy atom. The van der Waals surface area contributed by atoms with Gasteiger partial charge in [0.2, 0.25) is 0 Å². The summed E-state index contributed by atoms with van der Waals surface area (Å²) in [4.78, 5) is 22.2. The van der Waals surface area contributed by atoms with Crippen LogP contribution in [0, 0.1) is 10.1 Å². The van der Waals surface area contributed by atoms with Gasteiger partial charge in [0.05, 0.1) is 10.5 Å². The van der Waals surface area contributed by atoms with E-state index >= 15 is 0 Å². The molecule has 0 amide bonds. The molecule has 0 heterocycles. The summed E-state index contributed by atoms with van der Waals surface area (Å²) in [7, 11) is 0. The monoisotopic (exact) mass is 280 g/mol. The van der Waals surface area contributed by atoms with E-state index in [4.69, 9.17) is 10.5 Å². The van der Waals surface area contributed by atoms with Crippen LogP contribution in [-0.4, -0.2) is 10.9 Å². The van der Waals surface area contributed by atoms with Crippen molar-refractivity contribution < 1.29 is 14.5 Å². The zero-order valence-electron chi connectivity index (χ0n) is 11.8. The molecule has 0 bridgehead atoms. The number of benzene rings is 1. The standard InChI is InChI=1S/C14H20N2O4/c1-3-5-7-10-12(20-13(17)6-4-2)9-8-11(15)14(10)16(18)19/h8-9H,3-7,15H2,1-2H3. The average Bonchev–Trinajstić information content (AvgIpc) is 2.38. The molecule has 1 rings (SSSR count). The summed E-state index contributed by atoms with van der Waals surface area (Å²) in [6, 6.07) is 2.93. The highest BCUT2D eigenvalue weighted by molar-refractivity contribution is 5.75. The van der Waals surface area contributed by atoms with E-state index in [-0.39, 0.29) is 29.5 Å². The van der Waals surface area contributed by atoms with Gasteiger partial charge in [0.15, 0.2) is 0 Å². The van der Waals surface area contributed by atoms with Crippen molar-refractivity contribution in [1.82, 2.24) is 0 Å². The molecule has 0 radical (unpaired) electrons. The van der Waals surface area contributed by atoms with E-state index in [1.54, 1.807) is 0 Å². The lowest BCUT2D eigenvalue weighted by atomic mass is 10.0. The Balaban J connectivity index is 3.18. The third-order valence-corrected chi connectivity index (χ3v) is 2.91. The molecular weight excluding hydrogens is 260 g/mol. The van der Waals surface area contributed by atoms with Gasteiger partial charge in [0, 0.05) is 6.42 Å². The molecule has 0 unspecified atom stereocenters. The summed E-state index contributed by atoms with van der Waals surface area (Å²) in [6.45, 7) is 3.85. The molecule has 0 spiro atoms. The minimum atomic E-state index is -0.516. The zero-order valence-corrected chi connectivity index (χ0v) is 11.8. The molecule has 6 nitrogen and oxygen atoms in total. The highest BCUT2D eigenvalue weighted by Crippen LogP contribution is 2.35. The van der Waals surface area contributed by atoms with Gasteiger partial charge in [-0.25, -0.2) is 0 Å². The Morgan fingerprint density at radius 2 is 2.05 bits per heavy atom. The minimum Gasteiger partial charge on any atom is -0.426 e. The molecule has 110 valence electrons. The van der Waals surface area contributed by atoms with Crippen molar-refractivity contribution in [2.24, 2.45) is 0 Å². The van der Waals surface area contributed by atoms with E-state index in [0.717, 1.165) is 12.8 Å². The quantitative estimate of drug-likeness (QED) is 0.272. The van der Waals surface area contributed by atoms with Gasteiger partial charge < -0.3 is 10.5 Å². The van der Waals surface area contributed by atoms with Crippen molar-refractivity contribution in [3.8, 4) is 5.75 Å². The summed E-state index contributed by atoms with van der Waals surface area (Å²) < 4.78 is 5.23. The summed E-state index contributed by atoms with van der Waals surface area (Å²) in [5.41, 5.74) is 6.02. The fourth-order valence-electron chi connectivity index (χ4n) is 1.92. The predicted octanol–water partition coefficient (Wildman–Crippen LogP) is 3.23. The summed E-state index contributed by atoms with van der Waals surface area (Å²) in [5.74, 6) is -0.137. The van der Waals surface area contributed by atoms with Crippen molar-refractivity contribution >= 4 is 17.3 Å². The number of nitro groups is 1. The number of esters is 1. The Morgan fingerprint density at radius 3 is 2.60 bits per heavy atom. The van der Waals surface area contributed by atoms with Gasteiger partial charge in [-0.1, -0.05) is 20.3 Å². The van der Waals surface area contributed by atoms with Gasteiger partial charge in [-0.3, -0.25) is 14.9 Å². The van der Waals surface area contributed by atoms with E-state index in [1.165, 1.54) is 12.1 Å². The van der Waals surface area contributed by atoms with Crippen LogP contribution in [0.25, 0.3) is 0 Å². The van der Waals surface area contributed by atoms with Gasteiger partial charge in [-0.15, -0.1) is 0 Å². The number of ether oxygens (including phenoxy) is 1. The third-order valence-electron chi connectivity index (χ3n) is 2.91. The number of nitrogens with two attached hydrogens (primary N) is 1. The normalized spacial score (nSPS) is 10.3. The molecule has 0 aliphatic rings. The number of carbonyl (C=O) groups excluding carboxylic acids is 1. The molecular formula is C14H20N2O4. The Labute approximate surface area is 118 Å². The Hall–Kier alpha value is -2.11. The highest BCUT2D eigenvalue weighted by Gasteiger charge is 2.23. The van der Waals surface area contributed by atoms with E-state index in [9.17, 15) is 14.9 Å². The lowest BCUT2D eigenvalue weighted by molar-refractivity contribution is -0.384. The van der Waals surface area contributed by atoms with Crippen LogP contribution in [0.4, 0.5) is 11.4 Å². The van der Waals surface area contributed by atoms with Crippen LogP contribution in [0.2, 0.25) is 0 Å². The molecule has 1 aromatic rings. The fourth-order valence-corrected chi connectivity index (χ4v) is 1.92. The van der Waals surface area contributed by atoms with Crippen molar-refractivity contribution in [1.29, 1.82) is 0 Å². The number of anilines is 1. The second-order valence-corrected chi connectivity index (χ2v) is 4.56. The maximum atomic E-state index is 11.6. The minimum absolute atomic E-state index is 0.0939. The van der Waals surface area contributed by atoms with Crippen molar-refractivity contribution in [2.45, 2.75) is 46.0 Å². The molecule has 0 aliphatic carbocycles. The number of rotatable bonds is 7. The fraction of sp³-hybridized carbons (Fsp3) is 0.500. The Bertz CT molecular complexity index is 500. The molecule has 20 heavy (non-hydrogen) atoms. The molecule has 0 aliphatic heterocycles. The molecule has 6 heteroatoms. The van der Waals surface area contributed by atoms with E-state index in [0.29, 0.717) is 18.4 Å². The van der Waals surface area contributed by atoms with E-state index in [1.807, 2.05) is 13.8 Å². The number of unbranched alkanes of at least 4 members (excludes halogenated alkanes) is 1. The van der Waals surface area contributed by atoms with Crippen LogP contribution in [0.1, 0.15) is 45.1 Å². The van der Waals surface area contributed by atoms with Crippen molar-refractivity contribution in [3.05, 3.63) is 27.8 Å². The second kappa shape index (κ2) is 7.47. The van der Waals surface area contributed by atoms with Crippen LogP contribution >= 0.6 is 0 Å². The molecule has 0 saturated heterocycles. The zero-order chi connectivity index (χ0) is 15.1. The number of carbonyl (C=O) groups is 1. The summed E-state index contributed by atoms with van der Waals surface area (Å²) >= 11 is 0. The first-order valence-corrected chi connectivity index (χ1v) is 6.77. The third kappa shape index (κ3) is 3.94. The van der Waals surface area contributed by atoms with Crippen molar-refractivity contribution in [2.75, 3.05) is 5.73 Å². The van der Waals surface area contributed by atoms with E-state index in [2.05, 4.69) is 0 Å². The predicted molar refractivity (Wildman–Crippen MR) is 76.7 cm³/mol. The Kier molecular flexibility index (Phi) is 5.96. The smallest absolute Gasteiger partial charge is 0.311 e. The lowest BCUT2D eigenvalue weighted by Crippen LogP contribution is -2.10. The molecule has 0 saturated carbocycles. The molecule has 2 N–H and O–H groups in total. The largest absolute Gasteiger partial charge is 0.426 e. The number of hydrogen-bond donors (Lipinski definition) is 1. The maximum absolute atomic E-state index is 11.6. The van der Waals surface area contributed by atoms with Crippen LogP contribution in [0.3, 0.4) is 0 Å².